The Labute approximate surface area is 192 Å². The molecule has 2 aliphatic heterocycles. The fourth-order valence-electron chi connectivity index (χ4n) is 4.82. The van der Waals surface area contributed by atoms with E-state index in [1.165, 1.54) is 6.33 Å². The van der Waals surface area contributed by atoms with Crippen molar-refractivity contribution in [3.8, 4) is 0 Å². The van der Waals surface area contributed by atoms with E-state index in [0.717, 1.165) is 24.0 Å². The Kier molecular flexibility index (Phi) is 5.44. The van der Waals surface area contributed by atoms with Crippen LogP contribution in [-0.4, -0.2) is 75.0 Å². The molecule has 2 aromatic rings. The summed E-state index contributed by atoms with van der Waals surface area (Å²) in [5, 5.41) is 3.03. The molecule has 9 nitrogen and oxygen atoms in total. The van der Waals surface area contributed by atoms with Crippen LogP contribution in [0.5, 0.6) is 0 Å². The molecule has 0 radical (unpaired) electrons. The van der Waals surface area contributed by atoms with Gasteiger partial charge in [0.2, 0.25) is 5.91 Å². The van der Waals surface area contributed by atoms with E-state index in [2.05, 4.69) is 10.3 Å². The van der Waals surface area contributed by atoms with E-state index in [4.69, 9.17) is 4.74 Å². The van der Waals surface area contributed by atoms with E-state index < -0.39 is 5.54 Å². The summed E-state index contributed by atoms with van der Waals surface area (Å²) < 4.78 is 7.00. The number of imidazole rings is 1. The zero-order valence-corrected chi connectivity index (χ0v) is 19.0. The minimum Gasteiger partial charge on any atom is -0.378 e. The first kappa shape index (κ1) is 21.6. The summed E-state index contributed by atoms with van der Waals surface area (Å²) in [4.78, 5) is 47.9. The molecule has 1 saturated heterocycles. The molecule has 5 rings (SSSR count). The van der Waals surface area contributed by atoms with Crippen LogP contribution in [0.15, 0.2) is 30.6 Å². The van der Waals surface area contributed by atoms with Crippen molar-refractivity contribution in [1.29, 1.82) is 0 Å². The Morgan fingerprint density at radius 1 is 1.24 bits per heavy atom. The van der Waals surface area contributed by atoms with Crippen LogP contribution in [0.25, 0.3) is 0 Å². The lowest BCUT2D eigenvalue weighted by atomic mass is 9.93. The monoisotopic (exact) mass is 451 g/mol. The number of carbonyl (C=O) groups excluding carboxylic acids is 3. The molecule has 3 amide bonds. The highest BCUT2D eigenvalue weighted by molar-refractivity contribution is 6.07. The predicted octanol–water partition coefficient (Wildman–Crippen LogP) is 1.36. The van der Waals surface area contributed by atoms with Crippen molar-refractivity contribution in [3.63, 3.8) is 0 Å². The van der Waals surface area contributed by atoms with Crippen molar-refractivity contribution >= 4 is 17.7 Å². The molecule has 0 spiro atoms. The van der Waals surface area contributed by atoms with Crippen molar-refractivity contribution in [1.82, 2.24) is 24.7 Å². The average Bonchev–Trinajstić information content (AvgIpc) is 3.55. The zero-order chi connectivity index (χ0) is 23.2. The number of ether oxygens (including phenoxy) is 1. The molecule has 0 unspecified atom stereocenters. The summed E-state index contributed by atoms with van der Waals surface area (Å²) in [5.74, 6) is -0.764. The van der Waals surface area contributed by atoms with Gasteiger partial charge in [0.25, 0.3) is 11.8 Å². The topological polar surface area (TPSA) is 96.8 Å². The highest BCUT2D eigenvalue weighted by Crippen LogP contribution is 2.39. The van der Waals surface area contributed by atoms with Gasteiger partial charge < -0.3 is 24.4 Å². The third-order valence-corrected chi connectivity index (χ3v) is 6.71. The normalized spacial score (nSPS) is 22.8. The van der Waals surface area contributed by atoms with Crippen LogP contribution in [0.2, 0.25) is 0 Å². The molecule has 1 N–H and O–H groups in total. The first-order chi connectivity index (χ1) is 15.9. The van der Waals surface area contributed by atoms with E-state index in [9.17, 15) is 14.4 Å². The number of fused-ring (bicyclic) bond motifs is 1. The van der Waals surface area contributed by atoms with Gasteiger partial charge in [-0.2, -0.15) is 0 Å². The van der Waals surface area contributed by atoms with Crippen LogP contribution in [-0.2, 0) is 22.6 Å². The highest BCUT2D eigenvalue weighted by Gasteiger charge is 2.53. The summed E-state index contributed by atoms with van der Waals surface area (Å²) in [6.07, 6.45) is 3.22. The van der Waals surface area contributed by atoms with Crippen LogP contribution < -0.4 is 5.32 Å². The summed E-state index contributed by atoms with van der Waals surface area (Å²) in [6.45, 7) is 6.37. The molecule has 2 fully saturated rings. The molecule has 3 heterocycles. The summed E-state index contributed by atoms with van der Waals surface area (Å²) in [5.41, 5.74) is 1.52. The number of nitrogens with zero attached hydrogens (tertiary/aromatic N) is 4. The second kappa shape index (κ2) is 8.30. The molecule has 1 saturated carbocycles. The smallest absolute Gasteiger partial charge is 0.275 e. The van der Waals surface area contributed by atoms with E-state index in [1.807, 2.05) is 31.2 Å². The zero-order valence-electron chi connectivity index (χ0n) is 19.0. The number of aromatic nitrogens is 2. The maximum Gasteiger partial charge on any atom is 0.275 e. The first-order valence-corrected chi connectivity index (χ1v) is 11.5. The lowest BCUT2D eigenvalue weighted by Gasteiger charge is -2.44. The Morgan fingerprint density at radius 3 is 2.70 bits per heavy atom. The molecule has 1 aromatic heterocycles. The number of hydrogen-bond acceptors (Lipinski definition) is 5. The van der Waals surface area contributed by atoms with E-state index in [0.29, 0.717) is 32.8 Å². The fourth-order valence-corrected chi connectivity index (χ4v) is 4.82. The number of morpholine rings is 1. The average molecular weight is 452 g/mol. The largest absolute Gasteiger partial charge is 0.378 e. The van der Waals surface area contributed by atoms with Gasteiger partial charge in [-0.25, -0.2) is 4.98 Å². The first-order valence-electron chi connectivity index (χ1n) is 11.5. The van der Waals surface area contributed by atoms with Gasteiger partial charge in [-0.3, -0.25) is 14.4 Å². The number of aryl methyl sites for hydroxylation is 1. The second-order valence-corrected chi connectivity index (χ2v) is 9.33. The number of benzene rings is 1. The number of hydrogen-bond donors (Lipinski definition) is 1. The van der Waals surface area contributed by atoms with Gasteiger partial charge in [0.05, 0.1) is 26.1 Å². The predicted molar refractivity (Wildman–Crippen MR) is 120 cm³/mol. The third-order valence-electron chi connectivity index (χ3n) is 6.71. The van der Waals surface area contributed by atoms with Crippen LogP contribution in [0.1, 0.15) is 51.9 Å². The van der Waals surface area contributed by atoms with Crippen molar-refractivity contribution in [2.24, 2.45) is 0 Å². The summed E-state index contributed by atoms with van der Waals surface area (Å²) in [6, 6.07) is 7.98. The minimum absolute atomic E-state index is 0.00204. The van der Waals surface area contributed by atoms with Crippen LogP contribution >= 0.6 is 0 Å². The number of nitrogens with one attached hydrogen (secondary N) is 1. The molecular weight excluding hydrogens is 422 g/mol. The van der Waals surface area contributed by atoms with Gasteiger partial charge in [-0.1, -0.05) is 29.8 Å². The van der Waals surface area contributed by atoms with E-state index >= 15 is 0 Å². The molecule has 3 aliphatic rings. The van der Waals surface area contributed by atoms with Gasteiger partial charge in [-0.15, -0.1) is 0 Å². The second-order valence-electron chi connectivity index (χ2n) is 9.33. The van der Waals surface area contributed by atoms with Crippen molar-refractivity contribution in [2.45, 2.75) is 51.4 Å². The lowest BCUT2D eigenvalue weighted by molar-refractivity contribution is -0.133. The van der Waals surface area contributed by atoms with Crippen LogP contribution in [0.3, 0.4) is 0 Å². The molecule has 1 aromatic carbocycles. The van der Waals surface area contributed by atoms with Gasteiger partial charge >= 0.3 is 0 Å². The SMILES string of the molecule is Cc1cccc(CNC(=O)[C@]2(C)Cn3cnc(C(=O)N4CCOCC4)c3C(=O)N2C2CC2)c1. The fraction of sp³-hybridized carbons (Fsp3) is 0.500. The number of carbonyl (C=O) groups is 3. The van der Waals surface area contributed by atoms with Crippen molar-refractivity contribution in [3.05, 3.63) is 53.1 Å². The third kappa shape index (κ3) is 3.90. The Hall–Kier alpha value is -3.20. The summed E-state index contributed by atoms with van der Waals surface area (Å²) >= 11 is 0. The van der Waals surface area contributed by atoms with Gasteiger partial charge in [0.1, 0.15) is 11.2 Å². The Bertz CT molecular complexity index is 1100. The highest BCUT2D eigenvalue weighted by atomic mass is 16.5. The van der Waals surface area contributed by atoms with Gasteiger partial charge in [0.15, 0.2) is 5.69 Å². The van der Waals surface area contributed by atoms with E-state index in [-0.39, 0.29) is 41.7 Å². The van der Waals surface area contributed by atoms with E-state index in [1.54, 1.807) is 21.3 Å². The molecule has 9 heteroatoms. The van der Waals surface area contributed by atoms with Gasteiger partial charge in [0, 0.05) is 25.7 Å². The molecule has 1 atom stereocenters. The molecule has 33 heavy (non-hydrogen) atoms. The lowest BCUT2D eigenvalue weighted by Crippen LogP contribution is -2.64. The van der Waals surface area contributed by atoms with Crippen LogP contribution in [0, 0.1) is 6.92 Å². The van der Waals surface area contributed by atoms with Crippen LogP contribution in [0.4, 0.5) is 0 Å². The number of rotatable bonds is 5. The molecule has 1 aliphatic carbocycles. The van der Waals surface area contributed by atoms with Gasteiger partial charge in [-0.05, 0) is 32.3 Å². The number of amides is 3. The van der Waals surface area contributed by atoms with Crippen molar-refractivity contribution in [2.75, 3.05) is 26.3 Å². The Balaban J connectivity index is 1.41. The minimum atomic E-state index is -1.06. The maximum atomic E-state index is 13.7. The summed E-state index contributed by atoms with van der Waals surface area (Å²) in [7, 11) is 0. The van der Waals surface area contributed by atoms with Crippen molar-refractivity contribution < 1.29 is 19.1 Å². The molecular formula is C24H29N5O4. The standard InChI is InChI=1S/C24H29N5O4/c1-16-4-3-5-17(12-16)13-25-23(32)24(2)14-28-15-26-19(21(30)27-8-10-33-11-9-27)20(28)22(31)29(24)18-6-7-18/h3-5,12,15,18H,6-11,13-14H2,1-2H3,(H,25,32)/t24-/m0/s1. The molecule has 174 valence electrons. The maximum absolute atomic E-state index is 13.7. The Morgan fingerprint density at radius 2 is 2.00 bits per heavy atom. The quantitative estimate of drug-likeness (QED) is 0.741. The molecule has 0 bridgehead atoms.